The lowest BCUT2D eigenvalue weighted by Gasteiger charge is -2.12. The van der Waals surface area contributed by atoms with Crippen LogP contribution in [0.5, 0.6) is 17.2 Å². The zero-order chi connectivity index (χ0) is 16.2. The van der Waals surface area contributed by atoms with E-state index in [0.29, 0.717) is 22.6 Å². The van der Waals surface area contributed by atoms with Crippen LogP contribution in [0, 0.1) is 0 Å². The summed E-state index contributed by atoms with van der Waals surface area (Å²) in [6.45, 7) is 2.22. The lowest BCUT2D eigenvalue weighted by Crippen LogP contribution is -2.11. The lowest BCUT2D eigenvalue weighted by molar-refractivity contribution is 0.327. The first-order valence-electron chi connectivity index (χ1n) is 6.47. The number of rotatable bonds is 6. The first-order chi connectivity index (χ1) is 10.5. The highest BCUT2D eigenvalue weighted by atomic mass is 79.9. The molecule has 0 fully saturated rings. The van der Waals surface area contributed by atoms with Gasteiger partial charge in [-0.3, -0.25) is 0 Å². The molecule has 2 aromatic rings. The van der Waals surface area contributed by atoms with Gasteiger partial charge in [0.25, 0.3) is 0 Å². The van der Waals surface area contributed by atoms with Crippen molar-refractivity contribution in [3.05, 3.63) is 46.9 Å². The minimum absolute atomic E-state index is 0.0199. The highest BCUT2D eigenvalue weighted by molar-refractivity contribution is 9.10. The zero-order valence-corrected chi connectivity index (χ0v) is 14.5. The third-order valence-electron chi connectivity index (χ3n) is 2.76. The van der Waals surface area contributed by atoms with Crippen LogP contribution in [-0.4, -0.2) is 22.1 Å². The molecule has 0 saturated heterocycles. The van der Waals surface area contributed by atoms with Gasteiger partial charge in [0.2, 0.25) is 0 Å². The number of hydrogen-bond donors (Lipinski definition) is 0. The largest absolute Gasteiger partial charge is 0.496 e. The van der Waals surface area contributed by atoms with Crippen molar-refractivity contribution < 1.29 is 22.1 Å². The van der Waals surface area contributed by atoms with Gasteiger partial charge in [-0.15, -0.1) is 0 Å². The molecule has 0 aromatic heterocycles. The number of methoxy groups -OCH3 is 1. The Hall–Kier alpha value is -1.73. The molecule has 0 bridgehead atoms. The van der Waals surface area contributed by atoms with E-state index in [0.717, 1.165) is 0 Å². The molecule has 0 spiro atoms. The third kappa shape index (κ3) is 3.72. The Morgan fingerprint density at radius 3 is 2.32 bits per heavy atom. The maximum absolute atomic E-state index is 12.4. The summed E-state index contributed by atoms with van der Waals surface area (Å²) in [4.78, 5) is 0.0199. The number of ether oxygens (including phenoxy) is 2. The van der Waals surface area contributed by atoms with Gasteiger partial charge >= 0.3 is 10.1 Å². The summed E-state index contributed by atoms with van der Waals surface area (Å²) in [7, 11) is -2.46. The van der Waals surface area contributed by atoms with Crippen LogP contribution in [0.15, 0.2) is 51.8 Å². The van der Waals surface area contributed by atoms with E-state index in [1.165, 1.54) is 19.2 Å². The lowest BCUT2D eigenvalue weighted by atomic mass is 10.3. The molecule has 22 heavy (non-hydrogen) atoms. The first-order valence-corrected chi connectivity index (χ1v) is 8.68. The van der Waals surface area contributed by atoms with Crippen LogP contribution < -0.4 is 13.7 Å². The van der Waals surface area contributed by atoms with Crippen LogP contribution in [0.1, 0.15) is 6.92 Å². The number of para-hydroxylation sites is 2. The van der Waals surface area contributed by atoms with Crippen molar-refractivity contribution in [2.45, 2.75) is 11.8 Å². The molecular formula is C15H15BrO5S. The molecule has 0 amide bonds. The molecule has 2 rings (SSSR count). The van der Waals surface area contributed by atoms with Crippen LogP contribution in [0.3, 0.4) is 0 Å². The van der Waals surface area contributed by atoms with E-state index in [1.807, 2.05) is 6.92 Å². The molecule has 0 radical (unpaired) electrons. The van der Waals surface area contributed by atoms with Crippen LogP contribution >= 0.6 is 15.9 Å². The molecule has 0 unspecified atom stereocenters. The predicted molar refractivity (Wildman–Crippen MR) is 86.1 cm³/mol. The smallest absolute Gasteiger partial charge is 0.339 e. The van der Waals surface area contributed by atoms with Crippen LogP contribution in [0.25, 0.3) is 0 Å². The summed E-state index contributed by atoms with van der Waals surface area (Å²) in [5.41, 5.74) is 0. The summed E-state index contributed by atoms with van der Waals surface area (Å²) in [6, 6.07) is 11.0. The Bertz CT molecular complexity index is 758. The average molecular weight is 387 g/mol. The molecule has 0 N–H and O–H groups in total. The first kappa shape index (κ1) is 16.6. The second-order valence-electron chi connectivity index (χ2n) is 4.21. The summed E-state index contributed by atoms with van der Waals surface area (Å²) < 4.78 is 40.9. The van der Waals surface area contributed by atoms with E-state index in [-0.39, 0.29) is 10.6 Å². The van der Waals surface area contributed by atoms with Gasteiger partial charge in [0.05, 0.1) is 18.2 Å². The molecule has 0 heterocycles. The second-order valence-corrected chi connectivity index (χ2v) is 6.61. The van der Waals surface area contributed by atoms with Crippen molar-refractivity contribution in [1.29, 1.82) is 0 Å². The third-order valence-corrected chi connectivity index (χ3v) is 4.61. The minimum atomic E-state index is -3.97. The molecule has 7 heteroatoms. The van der Waals surface area contributed by atoms with E-state index in [2.05, 4.69) is 15.9 Å². The molecule has 0 aliphatic heterocycles. The molecule has 0 aliphatic carbocycles. The molecule has 0 atom stereocenters. The van der Waals surface area contributed by atoms with Crippen molar-refractivity contribution >= 4 is 26.0 Å². The quantitative estimate of drug-likeness (QED) is 0.709. The highest BCUT2D eigenvalue weighted by Gasteiger charge is 2.20. The van der Waals surface area contributed by atoms with Crippen molar-refractivity contribution in [3.63, 3.8) is 0 Å². The maximum atomic E-state index is 12.4. The van der Waals surface area contributed by atoms with Gasteiger partial charge in [0.1, 0.15) is 10.6 Å². The van der Waals surface area contributed by atoms with E-state index in [9.17, 15) is 8.42 Å². The summed E-state index contributed by atoms with van der Waals surface area (Å²) in [5.74, 6) is 1.06. The maximum Gasteiger partial charge on any atom is 0.339 e. The summed E-state index contributed by atoms with van der Waals surface area (Å²) in [5, 5.41) is 0. The number of hydrogen-bond acceptors (Lipinski definition) is 5. The summed E-state index contributed by atoms with van der Waals surface area (Å²) >= 11 is 3.25. The number of halogens is 1. The Morgan fingerprint density at radius 1 is 1.05 bits per heavy atom. The molecular weight excluding hydrogens is 372 g/mol. The normalized spacial score (nSPS) is 11.0. The van der Waals surface area contributed by atoms with Crippen molar-refractivity contribution in [1.82, 2.24) is 0 Å². The fourth-order valence-corrected chi connectivity index (χ4v) is 3.42. The second kappa shape index (κ2) is 7.02. The molecule has 5 nitrogen and oxygen atoms in total. The molecule has 118 valence electrons. The zero-order valence-electron chi connectivity index (χ0n) is 12.1. The Morgan fingerprint density at radius 2 is 1.73 bits per heavy atom. The Kier molecular flexibility index (Phi) is 5.31. The van der Waals surface area contributed by atoms with Crippen molar-refractivity contribution in [2.75, 3.05) is 13.7 Å². The van der Waals surface area contributed by atoms with E-state index < -0.39 is 10.1 Å². The average Bonchev–Trinajstić information content (AvgIpc) is 2.49. The van der Waals surface area contributed by atoms with Gasteiger partial charge in [0.15, 0.2) is 11.5 Å². The van der Waals surface area contributed by atoms with Gasteiger partial charge in [-0.25, -0.2) is 0 Å². The number of benzene rings is 2. The molecule has 2 aromatic carbocycles. The fourth-order valence-electron chi connectivity index (χ4n) is 1.76. The topological polar surface area (TPSA) is 61.8 Å². The van der Waals surface area contributed by atoms with Crippen molar-refractivity contribution in [2.24, 2.45) is 0 Å². The molecule has 0 saturated carbocycles. The minimum Gasteiger partial charge on any atom is -0.496 e. The predicted octanol–water partition coefficient (Wildman–Crippen LogP) is 3.62. The molecule has 0 aliphatic rings. The summed E-state index contributed by atoms with van der Waals surface area (Å²) in [6.07, 6.45) is 0. The van der Waals surface area contributed by atoms with Crippen LogP contribution in [0.4, 0.5) is 0 Å². The highest BCUT2D eigenvalue weighted by Crippen LogP contribution is 2.32. The van der Waals surface area contributed by atoms with Gasteiger partial charge in [-0.05, 0) is 53.2 Å². The monoisotopic (exact) mass is 386 g/mol. The van der Waals surface area contributed by atoms with E-state index >= 15 is 0 Å². The standard InChI is InChI=1S/C15H15BrO5S/c1-3-20-14-6-4-5-7-15(14)21-22(17,18)11-8-9-13(19-2)12(16)10-11/h4-10H,3H2,1-2H3. The van der Waals surface area contributed by atoms with Crippen LogP contribution in [-0.2, 0) is 10.1 Å². The van der Waals surface area contributed by atoms with Crippen molar-refractivity contribution in [3.8, 4) is 17.2 Å². The van der Waals surface area contributed by atoms with E-state index in [4.69, 9.17) is 13.7 Å². The van der Waals surface area contributed by atoms with Crippen LogP contribution in [0.2, 0.25) is 0 Å². The van der Waals surface area contributed by atoms with Gasteiger partial charge < -0.3 is 13.7 Å². The van der Waals surface area contributed by atoms with Gasteiger partial charge in [-0.1, -0.05) is 12.1 Å². The Labute approximate surface area is 138 Å². The Balaban J connectivity index is 2.34. The van der Waals surface area contributed by atoms with Gasteiger partial charge in [-0.2, -0.15) is 8.42 Å². The van der Waals surface area contributed by atoms with E-state index in [1.54, 1.807) is 30.3 Å². The van der Waals surface area contributed by atoms with Gasteiger partial charge in [0, 0.05) is 0 Å². The SMILES string of the molecule is CCOc1ccccc1OS(=O)(=O)c1ccc(OC)c(Br)c1. The fraction of sp³-hybridized carbons (Fsp3) is 0.200.